The van der Waals surface area contributed by atoms with Crippen molar-refractivity contribution >= 4 is 12.4 Å². The van der Waals surface area contributed by atoms with E-state index in [0.29, 0.717) is 6.42 Å². The lowest BCUT2D eigenvalue weighted by atomic mass is 9.87. The first-order valence-electron chi connectivity index (χ1n) is 3.34. The van der Waals surface area contributed by atoms with Gasteiger partial charge < -0.3 is 5.32 Å². The van der Waals surface area contributed by atoms with E-state index in [1.54, 1.807) is 0 Å². The second-order valence-corrected chi connectivity index (χ2v) is 3.07. The third-order valence-corrected chi connectivity index (χ3v) is 1.96. The summed E-state index contributed by atoms with van der Waals surface area (Å²) in [7, 11) is 0. The van der Waals surface area contributed by atoms with Gasteiger partial charge in [-0.15, -0.1) is 12.4 Å². The Morgan fingerprint density at radius 2 is 2.40 bits per heavy atom. The van der Waals surface area contributed by atoms with Crippen molar-refractivity contribution < 1.29 is 0 Å². The van der Waals surface area contributed by atoms with Gasteiger partial charge in [0.1, 0.15) is 0 Å². The summed E-state index contributed by atoms with van der Waals surface area (Å²) in [6.07, 6.45) is 1.85. The molecule has 1 N–H and O–H groups in total. The van der Waals surface area contributed by atoms with E-state index in [1.807, 2.05) is 0 Å². The minimum atomic E-state index is 0. The minimum Gasteiger partial charge on any atom is -0.316 e. The van der Waals surface area contributed by atoms with Crippen LogP contribution in [0.4, 0.5) is 0 Å². The molecule has 58 valence electrons. The number of rotatable bonds is 1. The monoisotopic (exact) mass is 160 g/mol. The SMILES string of the molecule is CC1(CC#N)CCNC1.Cl. The zero-order chi connectivity index (χ0) is 6.74. The molecule has 2 nitrogen and oxygen atoms in total. The minimum absolute atomic E-state index is 0. The van der Waals surface area contributed by atoms with E-state index < -0.39 is 0 Å². The fourth-order valence-electron chi connectivity index (χ4n) is 1.21. The second kappa shape index (κ2) is 3.80. The first-order valence-corrected chi connectivity index (χ1v) is 3.34. The number of nitriles is 1. The highest BCUT2D eigenvalue weighted by atomic mass is 35.5. The van der Waals surface area contributed by atoms with Gasteiger partial charge in [0.15, 0.2) is 0 Å². The molecule has 0 amide bonds. The summed E-state index contributed by atoms with van der Waals surface area (Å²) in [5.41, 5.74) is 0.273. The molecule has 1 heterocycles. The van der Waals surface area contributed by atoms with E-state index in [2.05, 4.69) is 18.3 Å². The maximum atomic E-state index is 8.41. The average Bonchev–Trinajstić information content (AvgIpc) is 2.16. The van der Waals surface area contributed by atoms with E-state index in [0.717, 1.165) is 19.5 Å². The van der Waals surface area contributed by atoms with Crippen molar-refractivity contribution in [3.63, 3.8) is 0 Å². The first-order chi connectivity index (χ1) is 4.27. The van der Waals surface area contributed by atoms with Crippen molar-refractivity contribution in [3.05, 3.63) is 0 Å². The molecule has 0 bridgehead atoms. The lowest BCUT2D eigenvalue weighted by molar-refractivity contribution is 0.375. The summed E-state index contributed by atoms with van der Waals surface area (Å²) in [4.78, 5) is 0. The zero-order valence-electron chi connectivity index (χ0n) is 6.18. The molecule has 1 saturated heterocycles. The summed E-state index contributed by atoms with van der Waals surface area (Å²) in [5.74, 6) is 0. The highest BCUT2D eigenvalue weighted by molar-refractivity contribution is 5.85. The molecule has 1 atom stereocenters. The van der Waals surface area contributed by atoms with Gasteiger partial charge in [0.05, 0.1) is 6.07 Å². The van der Waals surface area contributed by atoms with Crippen LogP contribution in [0.2, 0.25) is 0 Å². The Hall–Kier alpha value is -0.260. The van der Waals surface area contributed by atoms with E-state index in [9.17, 15) is 0 Å². The lowest BCUT2D eigenvalue weighted by Gasteiger charge is -2.16. The first kappa shape index (κ1) is 9.74. The van der Waals surface area contributed by atoms with E-state index in [-0.39, 0.29) is 17.8 Å². The molecule has 1 aliphatic heterocycles. The van der Waals surface area contributed by atoms with Crippen molar-refractivity contribution in [2.45, 2.75) is 19.8 Å². The number of nitrogens with zero attached hydrogens (tertiary/aromatic N) is 1. The number of halogens is 1. The Labute approximate surface area is 68.0 Å². The van der Waals surface area contributed by atoms with Gasteiger partial charge in [-0.3, -0.25) is 0 Å². The summed E-state index contributed by atoms with van der Waals surface area (Å²) in [5, 5.41) is 11.7. The van der Waals surface area contributed by atoms with Crippen LogP contribution in [0.1, 0.15) is 19.8 Å². The van der Waals surface area contributed by atoms with Crippen LogP contribution in [0.15, 0.2) is 0 Å². The van der Waals surface area contributed by atoms with Gasteiger partial charge >= 0.3 is 0 Å². The van der Waals surface area contributed by atoms with Crippen LogP contribution in [0, 0.1) is 16.7 Å². The zero-order valence-corrected chi connectivity index (χ0v) is 7.00. The maximum absolute atomic E-state index is 8.41. The van der Waals surface area contributed by atoms with E-state index >= 15 is 0 Å². The molecule has 1 rings (SSSR count). The Bertz CT molecular complexity index is 133. The molecule has 3 heteroatoms. The molecule has 0 radical (unpaired) electrons. The fourth-order valence-corrected chi connectivity index (χ4v) is 1.21. The van der Waals surface area contributed by atoms with Gasteiger partial charge in [0, 0.05) is 13.0 Å². The molecule has 1 aliphatic rings. The van der Waals surface area contributed by atoms with Crippen LogP contribution in [-0.4, -0.2) is 13.1 Å². The average molecular weight is 161 g/mol. The second-order valence-electron chi connectivity index (χ2n) is 3.07. The normalized spacial score (nSPS) is 30.8. The highest BCUT2D eigenvalue weighted by Gasteiger charge is 2.27. The quantitative estimate of drug-likeness (QED) is 0.628. The Kier molecular flexibility index (Phi) is 3.70. The Balaban J connectivity index is 0.000000810. The van der Waals surface area contributed by atoms with Crippen LogP contribution in [0.5, 0.6) is 0 Å². The standard InChI is InChI=1S/C7H12N2.ClH/c1-7(2-4-8)3-5-9-6-7;/h9H,2-3,5-6H2,1H3;1H. The van der Waals surface area contributed by atoms with Crippen LogP contribution >= 0.6 is 12.4 Å². The molecule has 0 saturated carbocycles. The molecule has 1 fully saturated rings. The number of hydrogen-bond donors (Lipinski definition) is 1. The molecule has 10 heavy (non-hydrogen) atoms. The molecule has 0 aromatic carbocycles. The van der Waals surface area contributed by atoms with Crippen LogP contribution in [0.3, 0.4) is 0 Å². The fraction of sp³-hybridized carbons (Fsp3) is 0.857. The summed E-state index contributed by atoms with van der Waals surface area (Å²) in [6.45, 7) is 4.26. The highest BCUT2D eigenvalue weighted by Crippen LogP contribution is 2.27. The van der Waals surface area contributed by atoms with E-state index in [4.69, 9.17) is 5.26 Å². The molecule has 0 aliphatic carbocycles. The Morgan fingerprint density at radius 1 is 1.70 bits per heavy atom. The Morgan fingerprint density at radius 3 is 2.80 bits per heavy atom. The number of nitrogens with one attached hydrogen (secondary N) is 1. The van der Waals surface area contributed by atoms with Crippen LogP contribution in [-0.2, 0) is 0 Å². The van der Waals surface area contributed by atoms with Crippen LogP contribution < -0.4 is 5.32 Å². The molecule has 0 aromatic heterocycles. The van der Waals surface area contributed by atoms with Gasteiger partial charge in [0.2, 0.25) is 0 Å². The van der Waals surface area contributed by atoms with E-state index in [1.165, 1.54) is 0 Å². The van der Waals surface area contributed by atoms with Gasteiger partial charge in [0.25, 0.3) is 0 Å². The third-order valence-electron chi connectivity index (χ3n) is 1.96. The van der Waals surface area contributed by atoms with Gasteiger partial charge in [-0.25, -0.2) is 0 Å². The van der Waals surface area contributed by atoms with Crippen LogP contribution in [0.25, 0.3) is 0 Å². The molecular formula is C7H13ClN2. The smallest absolute Gasteiger partial charge is 0.0627 e. The van der Waals surface area contributed by atoms with Crippen molar-refractivity contribution in [2.75, 3.05) is 13.1 Å². The summed E-state index contributed by atoms with van der Waals surface area (Å²) in [6, 6.07) is 2.21. The maximum Gasteiger partial charge on any atom is 0.0627 e. The van der Waals surface area contributed by atoms with Crippen molar-refractivity contribution in [3.8, 4) is 6.07 Å². The predicted molar refractivity (Wildman–Crippen MR) is 43.1 cm³/mol. The third kappa shape index (κ3) is 2.17. The molecule has 1 unspecified atom stereocenters. The van der Waals surface area contributed by atoms with Gasteiger partial charge in [-0.1, -0.05) is 6.92 Å². The largest absolute Gasteiger partial charge is 0.316 e. The lowest BCUT2D eigenvalue weighted by Crippen LogP contribution is -2.18. The van der Waals surface area contributed by atoms with Crippen molar-refractivity contribution in [1.29, 1.82) is 5.26 Å². The van der Waals surface area contributed by atoms with Crippen molar-refractivity contribution in [2.24, 2.45) is 5.41 Å². The van der Waals surface area contributed by atoms with Gasteiger partial charge in [-0.05, 0) is 18.4 Å². The molecule has 0 aromatic rings. The molecule has 0 spiro atoms. The number of hydrogen-bond acceptors (Lipinski definition) is 2. The van der Waals surface area contributed by atoms with Gasteiger partial charge in [-0.2, -0.15) is 5.26 Å². The topological polar surface area (TPSA) is 35.8 Å². The molecular weight excluding hydrogens is 148 g/mol. The summed E-state index contributed by atoms with van der Waals surface area (Å²) < 4.78 is 0. The predicted octanol–water partition coefficient (Wildman–Crippen LogP) is 1.32. The van der Waals surface area contributed by atoms with Crippen molar-refractivity contribution in [1.82, 2.24) is 5.32 Å². The summed E-state index contributed by atoms with van der Waals surface area (Å²) >= 11 is 0.